The Balaban J connectivity index is 1.45. The van der Waals surface area contributed by atoms with Crippen LogP contribution in [0.3, 0.4) is 0 Å². The van der Waals surface area contributed by atoms with Crippen molar-refractivity contribution in [2.75, 3.05) is 63.2 Å². The van der Waals surface area contributed by atoms with Crippen LogP contribution in [0, 0.1) is 0 Å². The van der Waals surface area contributed by atoms with Gasteiger partial charge in [-0.15, -0.1) is 0 Å². The van der Waals surface area contributed by atoms with Crippen LogP contribution in [-0.2, 0) is 20.6 Å². The van der Waals surface area contributed by atoms with E-state index in [9.17, 15) is 4.79 Å². The molecule has 188 valence electrons. The summed E-state index contributed by atoms with van der Waals surface area (Å²) < 4.78 is 17.0. The average molecular weight is 489 g/mol. The maximum atomic E-state index is 13.6. The van der Waals surface area contributed by atoms with Gasteiger partial charge in [0.05, 0.1) is 37.6 Å². The molecule has 3 fully saturated rings. The fraction of sp³-hybridized carbons (Fsp3) is 0.429. The highest BCUT2D eigenvalue weighted by molar-refractivity contribution is 6.03. The summed E-state index contributed by atoms with van der Waals surface area (Å²) in [6.07, 6.45) is 2.40. The Morgan fingerprint density at radius 1 is 0.972 bits per heavy atom. The molecule has 0 aliphatic carbocycles. The number of anilines is 2. The van der Waals surface area contributed by atoms with E-state index in [1.807, 2.05) is 29.2 Å². The minimum absolute atomic E-state index is 0.0853. The van der Waals surface area contributed by atoms with E-state index in [-0.39, 0.29) is 12.2 Å². The van der Waals surface area contributed by atoms with Crippen molar-refractivity contribution in [1.82, 2.24) is 9.88 Å². The summed E-state index contributed by atoms with van der Waals surface area (Å²) in [5, 5.41) is 0.992. The number of nitrogens with zero attached hydrogens (tertiary/aromatic N) is 3. The van der Waals surface area contributed by atoms with Gasteiger partial charge in [-0.05, 0) is 53.8 Å². The maximum Gasteiger partial charge on any atom is 0.254 e. The molecule has 2 aromatic carbocycles. The number of hydrogen-bond acceptors (Lipinski definition) is 7. The molecule has 4 heterocycles. The summed E-state index contributed by atoms with van der Waals surface area (Å²) in [6, 6.07) is 14.3. The number of benzene rings is 2. The third-order valence-corrected chi connectivity index (χ3v) is 7.32. The summed E-state index contributed by atoms with van der Waals surface area (Å²) in [6.45, 7) is 5.74. The van der Waals surface area contributed by atoms with Gasteiger partial charge in [-0.2, -0.15) is 0 Å². The molecule has 0 spiro atoms. The highest BCUT2D eigenvalue weighted by Crippen LogP contribution is 2.35. The van der Waals surface area contributed by atoms with Crippen LogP contribution in [0.5, 0.6) is 0 Å². The van der Waals surface area contributed by atoms with Gasteiger partial charge in [0.2, 0.25) is 0 Å². The maximum absolute atomic E-state index is 13.6. The van der Waals surface area contributed by atoms with Crippen molar-refractivity contribution in [3.05, 3.63) is 53.6 Å². The predicted molar refractivity (Wildman–Crippen MR) is 139 cm³/mol. The first kappa shape index (κ1) is 23.2. The van der Waals surface area contributed by atoms with Crippen LogP contribution in [0.25, 0.3) is 22.0 Å². The number of likely N-dealkylation sites (tertiary alicyclic amines) is 1. The zero-order chi connectivity index (χ0) is 24.5. The van der Waals surface area contributed by atoms with E-state index >= 15 is 0 Å². The normalized spacial score (nSPS) is 18.9. The molecule has 36 heavy (non-hydrogen) atoms. The quantitative estimate of drug-likeness (QED) is 0.588. The molecule has 1 aromatic heterocycles. The van der Waals surface area contributed by atoms with Crippen molar-refractivity contribution >= 4 is 28.3 Å². The highest BCUT2D eigenvalue weighted by atomic mass is 16.7. The topological polar surface area (TPSA) is 90.1 Å². The van der Waals surface area contributed by atoms with Gasteiger partial charge < -0.3 is 29.7 Å². The smallest absolute Gasteiger partial charge is 0.254 e. The standard InChI is InChI=1S/C28H32N4O4/c29-27-24(31-10-12-34-13-11-31)17-21-16-20(6-7-23(21)30-27)26-19(18-25-35-14-15-36-25)4-3-5-22(26)28(33)32-8-1-2-9-32/h3-7,16-17,25H,1-2,8-15,18H2,(H2,29,30). The lowest BCUT2D eigenvalue weighted by atomic mass is 9.91. The molecule has 8 nitrogen and oxygen atoms in total. The first-order chi connectivity index (χ1) is 17.7. The van der Waals surface area contributed by atoms with Gasteiger partial charge in [0.1, 0.15) is 5.82 Å². The molecule has 3 aliphatic heterocycles. The van der Waals surface area contributed by atoms with Gasteiger partial charge in [-0.3, -0.25) is 4.79 Å². The molecule has 2 N–H and O–H groups in total. The fourth-order valence-corrected chi connectivity index (χ4v) is 5.48. The largest absolute Gasteiger partial charge is 0.382 e. The van der Waals surface area contributed by atoms with Crippen molar-refractivity contribution in [1.29, 1.82) is 0 Å². The summed E-state index contributed by atoms with van der Waals surface area (Å²) >= 11 is 0. The number of ether oxygens (including phenoxy) is 3. The second-order valence-electron chi connectivity index (χ2n) is 9.61. The van der Waals surface area contributed by atoms with Gasteiger partial charge in [-0.1, -0.05) is 18.2 Å². The Bertz CT molecular complexity index is 1260. The van der Waals surface area contributed by atoms with Crippen molar-refractivity contribution in [2.45, 2.75) is 25.6 Å². The molecule has 0 saturated carbocycles. The SMILES string of the molecule is Nc1nc2ccc(-c3c(CC4OCCO4)cccc3C(=O)N3CCCC3)cc2cc1N1CCOCC1. The summed E-state index contributed by atoms with van der Waals surface area (Å²) in [4.78, 5) is 22.5. The fourth-order valence-electron chi connectivity index (χ4n) is 5.48. The van der Waals surface area contributed by atoms with E-state index in [4.69, 9.17) is 24.9 Å². The van der Waals surface area contributed by atoms with Crippen LogP contribution < -0.4 is 10.6 Å². The van der Waals surface area contributed by atoms with E-state index in [0.29, 0.717) is 38.7 Å². The van der Waals surface area contributed by atoms with Crippen LogP contribution in [0.15, 0.2) is 42.5 Å². The van der Waals surface area contributed by atoms with Gasteiger partial charge in [0.15, 0.2) is 6.29 Å². The lowest BCUT2D eigenvalue weighted by molar-refractivity contribution is -0.0399. The number of amides is 1. The molecular formula is C28H32N4O4. The van der Waals surface area contributed by atoms with Crippen LogP contribution in [0.4, 0.5) is 11.5 Å². The second-order valence-corrected chi connectivity index (χ2v) is 9.61. The minimum atomic E-state index is -0.296. The van der Waals surface area contributed by atoms with E-state index in [1.165, 1.54) is 0 Å². The molecule has 0 atom stereocenters. The molecule has 0 bridgehead atoms. The summed E-state index contributed by atoms with van der Waals surface area (Å²) in [5.41, 5.74) is 11.8. The number of carbonyl (C=O) groups excluding carboxylic acids is 1. The highest BCUT2D eigenvalue weighted by Gasteiger charge is 2.26. The van der Waals surface area contributed by atoms with Gasteiger partial charge in [0.25, 0.3) is 5.91 Å². The molecule has 0 unspecified atom stereocenters. The molecule has 6 rings (SSSR count). The molecule has 0 radical (unpaired) electrons. The van der Waals surface area contributed by atoms with Crippen molar-refractivity contribution in [2.24, 2.45) is 0 Å². The summed E-state index contributed by atoms with van der Waals surface area (Å²) in [7, 11) is 0. The Labute approximate surface area is 210 Å². The van der Waals surface area contributed by atoms with Gasteiger partial charge in [-0.25, -0.2) is 4.98 Å². The first-order valence-corrected chi connectivity index (χ1v) is 12.8. The lowest BCUT2D eigenvalue weighted by Gasteiger charge is -2.29. The average Bonchev–Trinajstić information content (AvgIpc) is 3.63. The number of fused-ring (bicyclic) bond motifs is 1. The molecular weight excluding hydrogens is 456 g/mol. The first-order valence-electron chi connectivity index (χ1n) is 12.8. The molecule has 8 heteroatoms. The van der Waals surface area contributed by atoms with Crippen LogP contribution in [0.1, 0.15) is 28.8 Å². The van der Waals surface area contributed by atoms with E-state index in [2.05, 4.69) is 23.1 Å². The molecule has 1 amide bonds. The third kappa shape index (κ3) is 4.52. The number of pyridine rings is 1. The minimum Gasteiger partial charge on any atom is -0.382 e. The number of hydrogen-bond donors (Lipinski definition) is 1. The number of aromatic nitrogens is 1. The number of nitrogens with two attached hydrogens (primary N) is 1. The van der Waals surface area contributed by atoms with Crippen LogP contribution in [0.2, 0.25) is 0 Å². The molecule has 3 saturated heterocycles. The number of rotatable bonds is 5. The monoisotopic (exact) mass is 488 g/mol. The Morgan fingerprint density at radius 2 is 1.75 bits per heavy atom. The van der Waals surface area contributed by atoms with E-state index < -0.39 is 0 Å². The molecule has 3 aromatic rings. The zero-order valence-corrected chi connectivity index (χ0v) is 20.4. The third-order valence-electron chi connectivity index (χ3n) is 7.32. The van der Waals surface area contributed by atoms with E-state index in [0.717, 1.165) is 77.9 Å². The Hall–Kier alpha value is -3.20. The second kappa shape index (κ2) is 10.0. The predicted octanol–water partition coefficient (Wildman–Crippen LogP) is 3.47. The number of morpholine rings is 1. The number of nitrogen functional groups attached to an aromatic ring is 1. The Morgan fingerprint density at radius 3 is 2.53 bits per heavy atom. The van der Waals surface area contributed by atoms with Crippen LogP contribution >= 0.6 is 0 Å². The van der Waals surface area contributed by atoms with Crippen molar-refractivity contribution in [3.8, 4) is 11.1 Å². The lowest BCUT2D eigenvalue weighted by Crippen LogP contribution is -2.36. The van der Waals surface area contributed by atoms with Crippen molar-refractivity contribution in [3.63, 3.8) is 0 Å². The summed E-state index contributed by atoms with van der Waals surface area (Å²) in [5.74, 6) is 0.611. The van der Waals surface area contributed by atoms with E-state index in [1.54, 1.807) is 0 Å². The Kier molecular flexibility index (Phi) is 6.48. The van der Waals surface area contributed by atoms with Crippen molar-refractivity contribution < 1.29 is 19.0 Å². The van der Waals surface area contributed by atoms with Gasteiger partial charge in [0, 0.05) is 43.5 Å². The number of carbonyl (C=O) groups is 1. The zero-order valence-electron chi connectivity index (χ0n) is 20.4. The van der Waals surface area contributed by atoms with Crippen LogP contribution in [-0.4, -0.2) is 74.7 Å². The molecule has 3 aliphatic rings. The van der Waals surface area contributed by atoms with Gasteiger partial charge >= 0.3 is 0 Å².